The van der Waals surface area contributed by atoms with Crippen molar-refractivity contribution < 1.29 is 24.2 Å². The Morgan fingerprint density at radius 1 is 1.20 bits per heavy atom. The number of benzene rings is 2. The van der Waals surface area contributed by atoms with Gasteiger partial charge in [-0.15, -0.1) is 0 Å². The standard InChI is InChI=1S/C22H23ClN2O5/c1-13-4-6-18(14(2)10-13)30-19-7-5-15(11-17(19)23)24-20-16(22(28)29-3)12-25(8-9-26)21(20)27/h4-7,10-11,24,26H,8-9,12H2,1-3H3. The fourth-order valence-corrected chi connectivity index (χ4v) is 3.41. The van der Waals surface area contributed by atoms with Crippen LogP contribution in [0.1, 0.15) is 11.1 Å². The van der Waals surface area contributed by atoms with Crippen LogP contribution in [0.25, 0.3) is 0 Å². The predicted molar refractivity (Wildman–Crippen MR) is 114 cm³/mol. The molecule has 0 saturated carbocycles. The first kappa shape index (κ1) is 21.7. The van der Waals surface area contributed by atoms with Gasteiger partial charge in [0.05, 0.1) is 30.9 Å². The zero-order valence-corrected chi connectivity index (χ0v) is 17.7. The van der Waals surface area contributed by atoms with Gasteiger partial charge >= 0.3 is 5.97 Å². The Kier molecular flexibility index (Phi) is 6.64. The van der Waals surface area contributed by atoms with E-state index >= 15 is 0 Å². The van der Waals surface area contributed by atoms with Crippen LogP contribution in [0.15, 0.2) is 47.7 Å². The van der Waals surface area contributed by atoms with E-state index in [9.17, 15) is 9.59 Å². The molecule has 1 aliphatic rings. The number of halogens is 1. The lowest BCUT2D eigenvalue weighted by atomic mass is 10.1. The lowest BCUT2D eigenvalue weighted by molar-refractivity contribution is -0.136. The van der Waals surface area contributed by atoms with Gasteiger partial charge in [-0.2, -0.15) is 0 Å². The first-order valence-corrected chi connectivity index (χ1v) is 9.75. The van der Waals surface area contributed by atoms with E-state index < -0.39 is 11.9 Å². The maximum atomic E-state index is 12.6. The minimum absolute atomic E-state index is 0.0655. The molecule has 0 fully saturated rings. The van der Waals surface area contributed by atoms with E-state index in [0.717, 1.165) is 11.1 Å². The molecular weight excluding hydrogens is 408 g/mol. The minimum atomic E-state index is -0.604. The van der Waals surface area contributed by atoms with Gasteiger partial charge in [0, 0.05) is 12.2 Å². The van der Waals surface area contributed by atoms with Crippen LogP contribution in [0.5, 0.6) is 11.5 Å². The maximum absolute atomic E-state index is 12.6. The number of anilines is 1. The van der Waals surface area contributed by atoms with Crippen molar-refractivity contribution in [2.24, 2.45) is 0 Å². The smallest absolute Gasteiger partial charge is 0.337 e. The van der Waals surface area contributed by atoms with Crippen LogP contribution in [0, 0.1) is 13.8 Å². The Labute approximate surface area is 179 Å². The molecular formula is C22H23ClN2O5. The van der Waals surface area contributed by atoms with Gasteiger partial charge in [-0.25, -0.2) is 4.79 Å². The minimum Gasteiger partial charge on any atom is -0.466 e. The van der Waals surface area contributed by atoms with Gasteiger partial charge in [0.2, 0.25) is 0 Å². The van der Waals surface area contributed by atoms with E-state index in [1.807, 2.05) is 32.0 Å². The van der Waals surface area contributed by atoms with Crippen molar-refractivity contribution in [3.8, 4) is 11.5 Å². The number of nitrogens with zero attached hydrogens (tertiary/aromatic N) is 1. The number of carbonyl (C=O) groups is 2. The van der Waals surface area contributed by atoms with E-state index in [1.165, 1.54) is 12.0 Å². The Balaban J connectivity index is 1.83. The highest BCUT2D eigenvalue weighted by molar-refractivity contribution is 6.32. The average Bonchev–Trinajstić information content (AvgIpc) is 3.01. The van der Waals surface area contributed by atoms with Crippen LogP contribution < -0.4 is 10.1 Å². The molecule has 2 aromatic carbocycles. The van der Waals surface area contributed by atoms with Crippen LogP contribution in [0.3, 0.4) is 0 Å². The second kappa shape index (κ2) is 9.19. The molecule has 7 nitrogen and oxygen atoms in total. The second-order valence-electron chi connectivity index (χ2n) is 6.94. The van der Waals surface area contributed by atoms with E-state index in [0.29, 0.717) is 22.2 Å². The Hall–Kier alpha value is -3.03. The summed E-state index contributed by atoms with van der Waals surface area (Å²) in [7, 11) is 1.25. The second-order valence-corrected chi connectivity index (χ2v) is 7.34. The number of ether oxygens (including phenoxy) is 2. The molecule has 0 saturated heterocycles. The molecule has 2 aromatic rings. The Morgan fingerprint density at radius 3 is 2.57 bits per heavy atom. The maximum Gasteiger partial charge on any atom is 0.337 e. The summed E-state index contributed by atoms with van der Waals surface area (Å²) in [5.74, 6) is 0.170. The van der Waals surface area contributed by atoms with Crippen LogP contribution in [0.2, 0.25) is 5.02 Å². The highest BCUT2D eigenvalue weighted by Gasteiger charge is 2.34. The monoisotopic (exact) mass is 430 g/mol. The van der Waals surface area contributed by atoms with Crippen molar-refractivity contribution in [1.82, 2.24) is 4.90 Å². The lowest BCUT2D eigenvalue weighted by Crippen LogP contribution is -2.31. The molecule has 0 bridgehead atoms. The van der Waals surface area contributed by atoms with Gasteiger partial charge in [0.15, 0.2) is 0 Å². The van der Waals surface area contributed by atoms with Gasteiger partial charge < -0.3 is 24.8 Å². The van der Waals surface area contributed by atoms with Crippen LogP contribution in [0.4, 0.5) is 5.69 Å². The third kappa shape index (κ3) is 4.58. The predicted octanol–water partition coefficient (Wildman–Crippen LogP) is 3.42. The van der Waals surface area contributed by atoms with Crippen LogP contribution in [-0.4, -0.2) is 48.7 Å². The molecule has 0 aromatic heterocycles. The summed E-state index contributed by atoms with van der Waals surface area (Å²) >= 11 is 6.39. The number of aliphatic hydroxyl groups excluding tert-OH is 1. The molecule has 0 atom stereocenters. The molecule has 1 heterocycles. The highest BCUT2D eigenvalue weighted by atomic mass is 35.5. The Morgan fingerprint density at radius 2 is 1.93 bits per heavy atom. The largest absolute Gasteiger partial charge is 0.466 e. The van der Waals surface area contributed by atoms with E-state index in [-0.39, 0.29) is 31.0 Å². The molecule has 8 heteroatoms. The number of β-amino-alcohol motifs (C(OH)–C–C–N with tert-alkyl or cyclic N) is 1. The third-order valence-electron chi connectivity index (χ3n) is 4.71. The summed E-state index contributed by atoms with van der Waals surface area (Å²) in [6.45, 7) is 3.94. The van der Waals surface area contributed by atoms with Crippen LogP contribution in [-0.2, 0) is 14.3 Å². The number of carbonyl (C=O) groups excluding carboxylic acids is 2. The summed E-state index contributed by atoms with van der Waals surface area (Å²) < 4.78 is 10.7. The van der Waals surface area contributed by atoms with Gasteiger partial charge in [0.25, 0.3) is 5.91 Å². The molecule has 3 rings (SSSR count). The van der Waals surface area contributed by atoms with Crippen molar-refractivity contribution in [2.75, 3.05) is 32.1 Å². The topological polar surface area (TPSA) is 88.1 Å². The molecule has 0 spiro atoms. The van der Waals surface area contributed by atoms with Crippen molar-refractivity contribution in [1.29, 1.82) is 0 Å². The Bertz CT molecular complexity index is 1020. The normalized spacial score (nSPS) is 13.6. The third-order valence-corrected chi connectivity index (χ3v) is 5.00. The van der Waals surface area contributed by atoms with E-state index in [2.05, 4.69) is 5.32 Å². The van der Waals surface area contributed by atoms with E-state index in [4.69, 9.17) is 26.2 Å². The number of rotatable bonds is 7. The molecule has 30 heavy (non-hydrogen) atoms. The quantitative estimate of drug-likeness (QED) is 0.654. The molecule has 1 aliphatic heterocycles. The number of nitrogens with one attached hydrogen (secondary N) is 1. The van der Waals surface area contributed by atoms with Crippen LogP contribution >= 0.6 is 11.6 Å². The zero-order valence-electron chi connectivity index (χ0n) is 17.0. The molecule has 2 N–H and O–H groups in total. The molecule has 0 unspecified atom stereocenters. The number of hydrogen-bond donors (Lipinski definition) is 2. The molecule has 158 valence electrons. The van der Waals surface area contributed by atoms with Gasteiger partial charge in [-0.3, -0.25) is 4.79 Å². The van der Waals surface area contributed by atoms with Gasteiger partial charge in [0.1, 0.15) is 17.2 Å². The van der Waals surface area contributed by atoms with Crippen molar-refractivity contribution in [3.05, 3.63) is 63.8 Å². The SMILES string of the molecule is COC(=O)C1=C(Nc2ccc(Oc3ccc(C)cc3C)c(Cl)c2)C(=O)N(CCO)C1. The number of amides is 1. The number of methoxy groups -OCH3 is 1. The first-order valence-electron chi connectivity index (χ1n) is 9.37. The van der Waals surface area contributed by atoms with Crippen molar-refractivity contribution >= 4 is 29.2 Å². The number of aryl methyl sites for hydroxylation is 2. The number of aliphatic hydroxyl groups is 1. The average molecular weight is 431 g/mol. The van der Waals surface area contributed by atoms with Crippen molar-refractivity contribution in [3.63, 3.8) is 0 Å². The highest BCUT2D eigenvalue weighted by Crippen LogP contribution is 2.34. The molecule has 1 amide bonds. The fraction of sp³-hybridized carbons (Fsp3) is 0.273. The summed E-state index contributed by atoms with van der Waals surface area (Å²) in [5, 5.41) is 12.5. The van der Waals surface area contributed by atoms with Crippen molar-refractivity contribution in [2.45, 2.75) is 13.8 Å². The lowest BCUT2D eigenvalue weighted by Gasteiger charge is -2.15. The zero-order chi connectivity index (χ0) is 21.8. The number of esters is 1. The summed E-state index contributed by atoms with van der Waals surface area (Å²) in [4.78, 5) is 26.1. The van der Waals surface area contributed by atoms with Gasteiger partial charge in [-0.05, 0) is 43.7 Å². The molecule has 0 aliphatic carbocycles. The summed E-state index contributed by atoms with van der Waals surface area (Å²) in [5.41, 5.74) is 2.94. The summed E-state index contributed by atoms with van der Waals surface area (Å²) in [6.07, 6.45) is 0. The number of hydrogen-bond acceptors (Lipinski definition) is 6. The summed E-state index contributed by atoms with van der Waals surface area (Å²) in [6, 6.07) is 10.9. The van der Waals surface area contributed by atoms with E-state index in [1.54, 1.807) is 18.2 Å². The fourth-order valence-electron chi connectivity index (χ4n) is 3.19. The van der Waals surface area contributed by atoms with Gasteiger partial charge in [-0.1, -0.05) is 29.3 Å². The first-order chi connectivity index (χ1) is 14.3. The molecule has 0 radical (unpaired) electrons.